The smallest absolute Gasteiger partial charge is 0.255 e. The summed E-state index contributed by atoms with van der Waals surface area (Å²) in [5.74, 6) is -0.564. The van der Waals surface area contributed by atoms with E-state index < -0.39 is 22.5 Å². The molecule has 1 aromatic heterocycles. The SMILES string of the molecule is Cc1cc(/C=N\NC(=O)CN(Cc2ccccc2)S(=O)(=O)c2ccccc2)c(C)n1-c1ccc(Cl)cc1Cl. The first-order valence-electron chi connectivity index (χ1n) is 11.7. The van der Waals surface area contributed by atoms with E-state index in [1.165, 1.54) is 18.3 Å². The number of hydrazone groups is 1. The van der Waals surface area contributed by atoms with Gasteiger partial charge in [0.25, 0.3) is 5.91 Å². The fourth-order valence-electron chi connectivity index (χ4n) is 4.08. The predicted octanol–water partition coefficient (Wildman–Crippen LogP) is 5.74. The Balaban J connectivity index is 1.51. The lowest BCUT2D eigenvalue weighted by Gasteiger charge is -2.21. The zero-order chi connectivity index (χ0) is 27.3. The van der Waals surface area contributed by atoms with Crippen molar-refractivity contribution in [1.29, 1.82) is 0 Å². The summed E-state index contributed by atoms with van der Waals surface area (Å²) in [6.07, 6.45) is 1.52. The Bertz CT molecular complexity index is 1570. The van der Waals surface area contributed by atoms with Crippen LogP contribution in [0.3, 0.4) is 0 Å². The van der Waals surface area contributed by atoms with Crippen molar-refractivity contribution in [1.82, 2.24) is 14.3 Å². The lowest BCUT2D eigenvalue weighted by atomic mass is 10.2. The highest BCUT2D eigenvalue weighted by molar-refractivity contribution is 7.89. The van der Waals surface area contributed by atoms with Gasteiger partial charge in [-0.05, 0) is 55.8 Å². The zero-order valence-electron chi connectivity index (χ0n) is 20.8. The molecule has 0 saturated heterocycles. The van der Waals surface area contributed by atoms with Crippen LogP contribution in [0.5, 0.6) is 0 Å². The van der Waals surface area contributed by atoms with Crippen LogP contribution in [-0.4, -0.2) is 36.0 Å². The summed E-state index contributed by atoms with van der Waals surface area (Å²) in [7, 11) is -3.92. The number of halogens is 2. The third-order valence-electron chi connectivity index (χ3n) is 5.92. The molecule has 0 unspecified atom stereocenters. The Morgan fingerprint density at radius 1 is 0.974 bits per heavy atom. The molecule has 7 nitrogen and oxygen atoms in total. The second kappa shape index (κ2) is 12.0. The van der Waals surface area contributed by atoms with E-state index in [9.17, 15) is 13.2 Å². The Kier molecular flexibility index (Phi) is 8.69. The molecule has 0 bridgehead atoms. The molecule has 0 aliphatic carbocycles. The van der Waals surface area contributed by atoms with Crippen LogP contribution in [0.2, 0.25) is 10.0 Å². The van der Waals surface area contributed by atoms with E-state index >= 15 is 0 Å². The van der Waals surface area contributed by atoms with E-state index in [-0.39, 0.29) is 11.4 Å². The monoisotopic (exact) mass is 568 g/mol. The minimum absolute atomic E-state index is 0.0399. The lowest BCUT2D eigenvalue weighted by Crippen LogP contribution is -2.39. The summed E-state index contributed by atoms with van der Waals surface area (Å²) >= 11 is 12.4. The molecule has 1 N–H and O–H groups in total. The summed E-state index contributed by atoms with van der Waals surface area (Å²) in [4.78, 5) is 12.9. The normalized spacial score (nSPS) is 11.8. The van der Waals surface area contributed by atoms with Crippen molar-refractivity contribution in [3.63, 3.8) is 0 Å². The highest BCUT2D eigenvalue weighted by atomic mass is 35.5. The molecule has 196 valence electrons. The lowest BCUT2D eigenvalue weighted by molar-refractivity contribution is -0.121. The van der Waals surface area contributed by atoms with Crippen LogP contribution in [0, 0.1) is 13.8 Å². The molecular weight excluding hydrogens is 543 g/mol. The van der Waals surface area contributed by atoms with E-state index in [2.05, 4.69) is 10.5 Å². The first kappa shape index (κ1) is 27.6. The Labute approximate surface area is 232 Å². The molecule has 0 saturated carbocycles. The van der Waals surface area contributed by atoms with Gasteiger partial charge in [0.15, 0.2) is 0 Å². The van der Waals surface area contributed by atoms with Crippen molar-refractivity contribution in [3.8, 4) is 5.69 Å². The summed E-state index contributed by atoms with van der Waals surface area (Å²) in [5, 5.41) is 5.14. The topological polar surface area (TPSA) is 83.8 Å². The van der Waals surface area contributed by atoms with Gasteiger partial charge in [0.1, 0.15) is 0 Å². The molecule has 1 heterocycles. The van der Waals surface area contributed by atoms with Gasteiger partial charge in [-0.25, -0.2) is 13.8 Å². The first-order chi connectivity index (χ1) is 18.2. The third kappa shape index (κ3) is 6.34. The van der Waals surface area contributed by atoms with Crippen molar-refractivity contribution in [2.45, 2.75) is 25.3 Å². The number of carbonyl (C=O) groups excluding carboxylic acids is 1. The molecule has 4 rings (SSSR count). The average molecular weight is 570 g/mol. The number of sulfonamides is 1. The molecule has 3 aromatic carbocycles. The maximum Gasteiger partial charge on any atom is 0.255 e. The highest BCUT2D eigenvalue weighted by Gasteiger charge is 2.26. The Morgan fingerprint density at radius 2 is 1.63 bits per heavy atom. The molecular formula is C28H26Cl2N4O3S. The van der Waals surface area contributed by atoms with Crippen molar-refractivity contribution in [2.75, 3.05) is 6.54 Å². The fourth-order valence-corrected chi connectivity index (χ4v) is 5.97. The summed E-state index contributed by atoms with van der Waals surface area (Å²) in [6, 6.07) is 24.3. The largest absolute Gasteiger partial charge is 0.316 e. The maximum atomic E-state index is 13.3. The minimum Gasteiger partial charge on any atom is -0.316 e. The number of nitrogens with zero attached hydrogens (tertiary/aromatic N) is 3. The van der Waals surface area contributed by atoms with Gasteiger partial charge in [0, 0.05) is 28.5 Å². The minimum atomic E-state index is -3.92. The van der Waals surface area contributed by atoms with Crippen molar-refractivity contribution in [3.05, 3.63) is 117 Å². The maximum absolute atomic E-state index is 13.3. The van der Waals surface area contributed by atoms with E-state index in [1.54, 1.807) is 30.3 Å². The van der Waals surface area contributed by atoms with E-state index in [4.69, 9.17) is 23.2 Å². The standard InChI is InChI=1S/C28H26Cl2N4O3S/c1-20-15-23(21(2)34(20)27-14-13-24(29)16-26(27)30)17-31-32-28(35)19-33(18-22-9-5-3-6-10-22)38(36,37)25-11-7-4-8-12-25/h3-17H,18-19H2,1-2H3,(H,32,35)/b31-17-. The van der Waals surface area contributed by atoms with E-state index in [1.807, 2.05) is 60.9 Å². The van der Waals surface area contributed by atoms with Crippen LogP contribution < -0.4 is 5.43 Å². The van der Waals surface area contributed by atoms with Gasteiger partial charge in [-0.3, -0.25) is 4.79 Å². The van der Waals surface area contributed by atoms with Crippen LogP contribution in [0.4, 0.5) is 0 Å². The Morgan fingerprint density at radius 3 is 2.29 bits per heavy atom. The van der Waals surface area contributed by atoms with Gasteiger partial charge in [0.2, 0.25) is 10.0 Å². The number of hydrogen-bond donors (Lipinski definition) is 1. The fraction of sp³-hybridized carbons (Fsp3) is 0.143. The van der Waals surface area contributed by atoms with Crippen molar-refractivity contribution >= 4 is 45.3 Å². The predicted molar refractivity (Wildman–Crippen MR) is 151 cm³/mol. The zero-order valence-corrected chi connectivity index (χ0v) is 23.1. The average Bonchev–Trinajstić information content (AvgIpc) is 3.17. The van der Waals surface area contributed by atoms with E-state index in [0.29, 0.717) is 10.0 Å². The number of hydrogen-bond acceptors (Lipinski definition) is 4. The molecule has 0 atom stereocenters. The molecule has 1 amide bonds. The molecule has 0 aliphatic rings. The van der Waals surface area contributed by atoms with Crippen LogP contribution in [0.1, 0.15) is 22.5 Å². The number of aryl methyl sites for hydroxylation is 1. The third-order valence-corrected chi connectivity index (χ3v) is 8.26. The van der Waals surface area contributed by atoms with Crippen LogP contribution in [-0.2, 0) is 21.4 Å². The molecule has 0 fully saturated rings. The molecule has 10 heteroatoms. The number of rotatable bonds is 9. The Hall–Kier alpha value is -3.43. The van der Waals surface area contributed by atoms with Crippen molar-refractivity contribution in [2.24, 2.45) is 5.10 Å². The summed E-state index contributed by atoms with van der Waals surface area (Å²) in [6.45, 7) is 3.49. The second-order valence-electron chi connectivity index (χ2n) is 8.62. The molecule has 0 radical (unpaired) electrons. The molecule has 0 aliphatic heterocycles. The summed E-state index contributed by atoms with van der Waals surface area (Å²) in [5.41, 5.74) is 6.55. The first-order valence-corrected chi connectivity index (χ1v) is 13.9. The van der Waals surface area contributed by atoms with E-state index in [0.717, 1.165) is 32.5 Å². The number of benzene rings is 3. The second-order valence-corrected chi connectivity index (χ2v) is 11.4. The summed E-state index contributed by atoms with van der Waals surface area (Å²) < 4.78 is 29.7. The quantitative estimate of drug-likeness (QED) is 0.206. The molecule has 4 aromatic rings. The van der Waals surface area contributed by atoms with Crippen LogP contribution in [0.25, 0.3) is 5.69 Å². The van der Waals surface area contributed by atoms with Gasteiger partial charge in [0.05, 0.1) is 28.4 Å². The number of aromatic nitrogens is 1. The highest BCUT2D eigenvalue weighted by Crippen LogP contribution is 2.28. The van der Waals surface area contributed by atoms with Gasteiger partial charge in [-0.2, -0.15) is 9.41 Å². The number of nitrogens with one attached hydrogen (secondary N) is 1. The molecule has 38 heavy (non-hydrogen) atoms. The van der Waals surface area contributed by atoms with Gasteiger partial charge in [-0.1, -0.05) is 71.7 Å². The van der Waals surface area contributed by atoms with Gasteiger partial charge >= 0.3 is 0 Å². The van der Waals surface area contributed by atoms with Crippen molar-refractivity contribution < 1.29 is 13.2 Å². The van der Waals surface area contributed by atoms with Gasteiger partial charge in [-0.15, -0.1) is 0 Å². The van der Waals surface area contributed by atoms with Crippen LogP contribution >= 0.6 is 23.2 Å². The number of amides is 1. The van der Waals surface area contributed by atoms with Crippen LogP contribution in [0.15, 0.2) is 94.9 Å². The van der Waals surface area contributed by atoms with Gasteiger partial charge < -0.3 is 4.57 Å². The number of carbonyl (C=O) groups is 1. The molecule has 0 spiro atoms.